The van der Waals surface area contributed by atoms with Gasteiger partial charge in [-0.2, -0.15) is 0 Å². The fourth-order valence-corrected chi connectivity index (χ4v) is 0.511. The van der Waals surface area contributed by atoms with Crippen molar-refractivity contribution in [1.29, 1.82) is 0 Å². The molecule has 4 heteroatoms. The van der Waals surface area contributed by atoms with Crippen LogP contribution in [0.4, 0.5) is 0 Å². The first-order valence-electron chi connectivity index (χ1n) is 3.32. The van der Waals surface area contributed by atoms with E-state index >= 15 is 0 Å². The van der Waals surface area contributed by atoms with E-state index in [2.05, 4.69) is 4.74 Å². The molecule has 0 aromatic heterocycles. The van der Waals surface area contributed by atoms with Crippen LogP contribution >= 0.6 is 0 Å². The third kappa shape index (κ3) is 9.10. The van der Waals surface area contributed by atoms with E-state index in [0.29, 0.717) is 13.0 Å². The summed E-state index contributed by atoms with van der Waals surface area (Å²) >= 11 is 0. The molecule has 0 unspecified atom stereocenters. The Labute approximate surface area is 65.8 Å². The van der Waals surface area contributed by atoms with Gasteiger partial charge in [-0.3, -0.25) is 4.79 Å². The number of ether oxygens (including phenoxy) is 1. The number of carbonyl (C=O) groups excluding carboxylic acids is 2. The van der Waals surface area contributed by atoms with Crippen molar-refractivity contribution in [3.63, 3.8) is 0 Å². The summed E-state index contributed by atoms with van der Waals surface area (Å²) in [5.74, 6) is -0.272. The number of rotatable bonds is 4. The van der Waals surface area contributed by atoms with Gasteiger partial charge in [0.2, 0.25) is 0 Å². The second-order valence-electron chi connectivity index (χ2n) is 2.01. The van der Waals surface area contributed by atoms with Gasteiger partial charge in [-0.05, 0) is 13.8 Å². The molecule has 66 valence electrons. The molecule has 0 amide bonds. The van der Waals surface area contributed by atoms with E-state index in [1.54, 1.807) is 6.92 Å². The molecule has 0 aromatic rings. The second kappa shape index (κ2) is 7.21. The fraction of sp³-hybridized carbons (Fsp3) is 0.714. The van der Waals surface area contributed by atoms with Crippen LogP contribution in [0.5, 0.6) is 0 Å². The highest BCUT2D eigenvalue weighted by atomic mass is 16.5. The largest absolute Gasteiger partial charge is 0.466 e. The Bertz CT molecular complexity index is 130. The molecule has 0 aliphatic rings. The van der Waals surface area contributed by atoms with E-state index in [9.17, 15) is 9.59 Å². The van der Waals surface area contributed by atoms with Crippen LogP contribution in [0.1, 0.15) is 26.7 Å². The van der Waals surface area contributed by atoms with Crippen molar-refractivity contribution in [3.8, 4) is 0 Å². The monoisotopic (exact) mass is 162 g/mol. The van der Waals surface area contributed by atoms with Gasteiger partial charge in [-0.25, -0.2) is 0 Å². The molecule has 0 fully saturated rings. The van der Waals surface area contributed by atoms with Gasteiger partial charge in [0.1, 0.15) is 5.78 Å². The minimum absolute atomic E-state index is 0. The maximum Gasteiger partial charge on any atom is 0.306 e. The Morgan fingerprint density at radius 2 is 1.82 bits per heavy atom. The summed E-state index contributed by atoms with van der Waals surface area (Å²) in [5, 5.41) is 0. The van der Waals surface area contributed by atoms with Crippen molar-refractivity contribution >= 4 is 11.8 Å². The number of ketones is 1. The molecule has 0 saturated heterocycles. The highest BCUT2D eigenvalue weighted by Crippen LogP contribution is 1.92. The average molecular weight is 162 g/mol. The molecule has 0 atom stereocenters. The Balaban J connectivity index is 0. The van der Waals surface area contributed by atoms with E-state index < -0.39 is 0 Å². The Kier molecular flexibility index (Phi) is 8.36. The summed E-state index contributed by atoms with van der Waals surface area (Å²) in [6.45, 7) is 3.58. The molecule has 0 saturated carbocycles. The zero-order valence-electron chi connectivity index (χ0n) is 6.85. The molecule has 0 rings (SSSR count). The van der Waals surface area contributed by atoms with Gasteiger partial charge in [0, 0.05) is 6.42 Å². The van der Waals surface area contributed by atoms with Crippen molar-refractivity contribution in [2.45, 2.75) is 26.7 Å². The standard InChI is InChI=1S/C7H12O3.H2O/c1-3-10-7(9)5-4-6(2)8;/h3-5H2,1-2H3;1H2. The van der Waals surface area contributed by atoms with Crippen LogP contribution in [0.3, 0.4) is 0 Å². The number of hydrogen-bond acceptors (Lipinski definition) is 3. The van der Waals surface area contributed by atoms with E-state index in [1.807, 2.05) is 0 Å². The van der Waals surface area contributed by atoms with Gasteiger partial charge in [0.25, 0.3) is 0 Å². The number of esters is 1. The Hall–Kier alpha value is -0.900. The average Bonchev–Trinajstić information content (AvgIpc) is 1.85. The van der Waals surface area contributed by atoms with Crippen molar-refractivity contribution < 1.29 is 19.8 Å². The number of carbonyl (C=O) groups is 2. The molecule has 0 aliphatic heterocycles. The maximum atomic E-state index is 10.6. The molecule has 0 heterocycles. The molecule has 2 N–H and O–H groups in total. The molecule has 0 spiro atoms. The topological polar surface area (TPSA) is 74.9 Å². The van der Waals surface area contributed by atoms with Crippen molar-refractivity contribution in [2.24, 2.45) is 0 Å². The number of Topliss-reactive ketones (excluding diaryl/α,β-unsaturated/α-hetero) is 1. The number of hydrogen-bond donors (Lipinski definition) is 0. The summed E-state index contributed by atoms with van der Waals surface area (Å²) in [5.41, 5.74) is 0. The lowest BCUT2D eigenvalue weighted by atomic mass is 10.2. The minimum Gasteiger partial charge on any atom is -0.466 e. The lowest BCUT2D eigenvalue weighted by Gasteiger charge is -1.97. The van der Waals surface area contributed by atoms with Crippen LogP contribution < -0.4 is 0 Å². The zero-order valence-corrected chi connectivity index (χ0v) is 6.85. The van der Waals surface area contributed by atoms with Crippen LogP contribution in [0.15, 0.2) is 0 Å². The molecule has 0 radical (unpaired) electrons. The van der Waals surface area contributed by atoms with E-state index in [4.69, 9.17) is 0 Å². The molecule has 4 nitrogen and oxygen atoms in total. The van der Waals surface area contributed by atoms with Gasteiger partial charge >= 0.3 is 5.97 Å². The van der Waals surface area contributed by atoms with E-state index in [0.717, 1.165) is 0 Å². The van der Waals surface area contributed by atoms with Crippen molar-refractivity contribution in [1.82, 2.24) is 0 Å². The van der Waals surface area contributed by atoms with Crippen molar-refractivity contribution in [2.75, 3.05) is 6.61 Å². The summed E-state index contributed by atoms with van der Waals surface area (Å²) in [6, 6.07) is 0. The van der Waals surface area contributed by atoms with E-state index in [-0.39, 0.29) is 23.6 Å². The van der Waals surface area contributed by atoms with Gasteiger partial charge in [-0.15, -0.1) is 0 Å². The first-order valence-corrected chi connectivity index (χ1v) is 3.32. The molecular weight excluding hydrogens is 148 g/mol. The SMILES string of the molecule is CCOC(=O)CCC(C)=O.O. The smallest absolute Gasteiger partial charge is 0.306 e. The van der Waals surface area contributed by atoms with E-state index in [1.165, 1.54) is 6.92 Å². The Morgan fingerprint density at radius 1 is 1.27 bits per heavy atom. The lowest BCUT2D eigenvalue weighted by Crippen LogP contribution is -2.05. The fourth-order valence-electron chi connectivity index (χ4n) is 0.511. The van der Waals surface area contributed by atoms with Crippen molar-refractivity contribution in [3.05, 3.63) is 0 Å². The van der Waals surface area contributed by atoms with Crippen LogP contribution in [0.25, 0.3) is 0 Å². The van der Waals surface area contributed by atoms with Crippen LogP contribution in [-0.4, -0.2) is 23.8 Å². The highest BCUT2D eigenvalue weighted by molar-refractivity contribution is 5.80. The summed E-state index contributed by atoms with van der Waals surface area (Å²) in [6.07, 6.45) is 0.502. The van der Waals surface area contributed by atoms with Gasteiger partial charge < -0.3 is 15.0 Å². The first kappa shape index (κ1) is 12.7. The van der Waals surface area contributed by atoms with Crippen LogP contribution in [0, 0.1) is 0 Å². The normalized spacial score (nSPS) is 8.18. The molecule has 11 heavy (non-hydrogen) atoms. The first-order chi connectivity index (χ1) is 4.66. The molecular formula is C7H14O4. The third-order valence-corrected chi connectivity index (χ3v) is 0.987. The van der Waals surface area contributed by atoms with Crippen LogP contribution in [-0.2, 0) is 14.3 Å². The highest BCUT2D eigenvalue weighted by Gasteiger charge is 2.02. The second-order valence-corrected chi connectivity index (χ2v) is 2.01. The zero-order chi connectivity index (χ0) is 7.98. The maximum absolute atomic E-state index is 10.6. The minimum atomic E-state index is -0.294. The summed E-state index contributed by atoms with van der Waals surface area (Å²) < 4.78 is 4.60. The molecule has 0 aromatic carbocycles. The lowest BCUT2D eigenvalue weighted by molar-refractivity contribution is -0.144. The Morgan fingerprint density at radius 3 is 2.18 bits per heavy atom. The quantitative estimate of drug-likeness (QED) is 0.550. The van der Waals surface area contributed by atoms with Gasteiger partial charge in [0.05, 0.1) is 13.0 Å². The molecule has 0 bridgehead atoms. The predicted molar refractivity (Wildman–Crippen MR) is 40.2 cm³/mol. The molecule has 0 aliphatic carbocycles. The van der Waals surface area contributed by atoms with Gasteiger partial charge in [0.15, 0.2) is 0 Å². The third-order valence-electron chi connectivity index (χ3n) is 0.987. The summed E-state index contributed by atoms with van der Waals surface area (Å²) in [7, 11) is 0. The van der Waals surface area contributed by atoms with Gasteiger partial charge in [-0.1, -0.05) is 0 Å². The van der Waals surface area contributed by atoms with Crippen LogP contribution in [0.2, 0.25) is 0 Å². The predicted octanol–water partition coefficient (Wildman–Crippen LogP) is 0.0940. The summed E-state index contributed by atoms with van der Waals surface area (Å²) in [4.78, 5) is 20.9.